The first-order chi connectivity index (χ1) is 7.58. The molecule has 0 aromatic carbocycles. The Hall–Kier alpha value is 0.230. The Morgan fingerprint density at radius 3 is 2.38 bits per heavy atom. The molecule has 16 heavy (non-hydrogen) atoms. The summed E-state index contributed by atoms with van der Waals surface area (Å²) in [4.78, 5) is 4.81. The van der Waals surface area contributed by atoms with E-state index in [1.807, 2.05) is 0 Å². The highest BCUT2D eigenvalue weighted by Gasteiger charge is 2.21. The van der Waals surface area contributed by atoms with Crippen molar-refractivity contribution >= 4 is 11.8 Å². The zero-order valence-electron chi connectivity index (χ0n) is 11.2. The summed E-state index contributed by atoms with van der Waals surface area (Å²) >= 11 is 2.12. The third-order valence-corrected chi connectivity index (χ3v) is 4.06. The van der Waals surface area contributed by atoms with Crippen molar-refractivity contribution in [2.45, 2.75) is 24.3 Å². The summed E-state index contributed by atoms with van der Waals surface area (Å²) in [7, 11) is 4.24. The molecule has 0 spiro atoms. The number of nitrogens with one attached hydrogen (secondary N) is 1. The van der Waals surface area contributed by atoms with Gasteiger partial charge in [0.05, 0.1) is 0 Å². The van der Waals surface area contributed by atoms with Crippen molar-refractivity contribution in [1.29, 1.82) is 0 Å². The van der Waals surface area contributed by atoms with Gasteiger partial charge in [-0.15, -0.1) is 0 Å². The van der Waals surface area contributed by atoms with E-state index in [4.69, 9.17) is 0 Å². The first-order valence-electron chi connectivity index (χ1n) is 6.31. The van der Waals surface area contributed by atoms with Gasteiger partial charge in [0.15, 0.2) is 0 Å². The normalized spacial score (nSPS) is 27.6. The summed E-state index contributed by atoms with van der Waals surface area (Å²) < 4.78 is 0. The lowest BCUT2D eigenvalue weighted by Crippen LogP contribution is -2.43. The fourth-order valence-electron chi connectivity index (χ4n) is 2.13. The average molecular weight is 245 g/mol. The molecule has 0 aromatic heterocycles. The van der Waals surface area contributed by atoms with E-state index in [9.17, 15) is 0 Å². The number of rotatable bonds is 6. The van der Waals surface area contributed by atoms with Crippen LogP contribution >= 0.6 is 11.8 Å². The van der Waals surface area contributed by atoms with Crippen molar-refractivity contribution in [2.24, 2.45) is 0 Å². The zero-order valence-corrected chi connectivity index (χ0v) is 12.0. The molecule has 96 valence electrons. The van der Waals surface area contributed by atoms with Crippen LogP contribution in [0, 0.1) is 0 Å². The van der Waals surface area contributed by atoms with E-state index >= 15 is 0 Å². The SMILES string of the molecule is CC1CN(CCNCCN(C)C)CC(C)S1. The van der Waals surface area contributed by atoms with Crippen LogP contribution in [0.25, 0.3) is 0 Å². The van der Waals surface area contributed by atoms with E-state index < -0.39 is 0 Å². The number of hydrogen-bond donors (Lipinski definition) is 1. The topological polar surface area (TPSA) is 18.5 Å². The maximum absolute atomic E-state index is 3.50. The van der Waals surface area contributed by atoms with Crippen LogP contribution in [0.4, 0.5) is 0 Å². The average Bonchev–Trinajstić information content (AvgIpc) is 2.15. The summed E-state index contributed by atoms with van der Waals surface area (Å²) in [6.45, 7) is 11.7. The molecular formula is C12H27N3S. The lowest BCUT2D eigenvalue weighted by molar-refractivity contribution is 0.268. The molecule has 1 fully saturated rings. The molecule has 0 aromatic rings. The third-order valence-electron chi connectivity index (χ3n) is 2.84. The van der Waals surface area contributed by atoms with Crippen LogP contribution in [0.2, 0.25) is 0 Å². The smallest absolute Gasteiger partial charge is 0.0149 e. The third kappa shape index (κ3) is 6.09. The Kier molecular flexibility index (Phi) is 6.73. The van der Waals surface area contributed by atoms with Crippen LogP contribution < -0.4 is 5.32 Å². The van der Waals surface area contributed by atoms with Gasteiger partial charge in [-0.25, -0.2) is 0 Å². The van der Waals surface area contributed by atoms with Gasteiger partial charge in [0, 0.05) is 49.8 Å². The van der Waals surface area contributed by atoms with Gasteiger partial charge in [-0.2, -0.15) is 11.8 Å². The Balaban J connectivity index is 2.04. The maximum Gasteiger partial charge on any atom is 0.0149 e. The van der Waals surface area contributed by atoms with E-state index in [1.54, 1.807) is 0 Å². The van der Waals surface area contributed by atoms with E-state index in [1.165, 1.54) is 19.6 Å². The lowest BCUT2D eigenvalue weighted by atomic mass is 10.3. The van der Waals surface area contributed by atoms with Crippen molar-refractivity contribution in [3.63, 3.8) is 0 Å². The van der Waals surface area contributed by atoms with E-state index in [-0.39, 0.29) is 0 Å². The Labute approximate surface area is 105 Å². The molecule has 1 aliphatic heterocycles. The second kappa shape index (κ2) is 7.54. The lowest BCUT2D eigenvalue weighted by Gasteiger charge is -2.34. The van der Waals surface area contributed by atoms with E-state index in [0.717, 1.165) is 30.1 Å². The van der Waals surface area contributed by atoms with Gasteiger partial charge >= 0.3 is 0 Å². The van der Waals surface area contributed by atoms with Crippen LogP contribution in [0.1, 0.15) is 13.8 Å². The van der Waals surface area contributed by atoms with Crippen molar-refractivity contribution in [1.82, 2.24) is 15.1 Å². The summed E-state index contributed by atoms with van der Waals surface area (Å²) in [5, 5.41) is 5.10. The molecule has 2 unspecified atom stereocenters. The van der Waals surface area contributed by atoms with Crippen LogP contribution in [0.15, 0.2) is 0 Å². The summed E-state index contributed by atoms with van der Waals surface area (Å²) in [5.74, 6) is 0. The molecule has 1 heterocycles. The van der Waals surface area contributed by atoms with Crippen LogP contribution in [-0.4, -0.2) is 73.7 Å². The molecule has 1 rings (SSSR count). The highest BCUT2D eigenvalue weighted by molar-refractivity contribution is 8.00. The van der Waals surface area contributed by atoms with Crippen molar-refractivity contribution < 1.29 is 0 Å². The molecule has 3 nitrogen and oxygen atoms in total. The molecule has 0 saturated carbocycles. The van der Waals surface area contributed by atoms with Crippen molar-refractivity contribution in [3.8, 4) is 0 Å². The van der Waals surface area contributed by atoms with Crippen molar-refractivity contribution in [2.75, 3.05) is 53.4 Å². The van der Waals surface area contributed by atoms with Crippen LogP contribution in [-0.2, 0) is 0 Å². The van der Waals surface area contributed by atoms with Gasteiger partial charge in [0.25, 0.3) is 0 Å². The van der Waals surface area contributed by atoms with Gasteiger partial charge in [0.2, 0.25) is 0 Å². The Bertz CT molecular complexity index is 177. The molecular weight excluding hydrogens is 218 g/mol. The van der Waals surface area contributed by atoms with E-state index in [2.05, 4.69) is 54.8 Å². The number of hydrogen-bond acceptors (Lipinski definition) is 4. The van der Waals surface area contributed by atoms with Crippen LogP contribution in [0.5, 0.6) is 0 Å². The summed E-state index contributed by atoms with van der Waals surface area (Å²) in [6.07, 6.45) is 0. The summed E-state index contributed by atoms with van der Waals surface area (Å²) in [5.41, 5.74) is 0. The minimum Gasteiger partial charge on any atom is -0.314 e. The molecule has 1 aliphatic rings. The predicted molar refractivity (Wildman–Crippen MR) is 74.4 cm³/mol. The fraction of sp³-hybridized carbons (Fsp3) is 1.00. The Morgan fingerprint density at radius 1 is 1.19 bits per heavy atom. The fourth-order valence-corrected chi connectivity index (χ4v) is 3.52. The standard InChI is InChI=1S/C12H27N3S/c1-11-9-15(10-12(2)16-11)8-6-13-5-7-14(3)4/h11-13H,5-10H2,1-4H3. The monoisotopic (exact) mass is 245 g/mol. The van der Waals surface area contributed by atoms with Crippen LogP contribution in [0.3, 0.4) is 0 Å². The quantitative estimate of drug-likeness (QED) is 0.703. The molecule has 0 aliphatic carbocycles. The molecule has 4 heteroatoms. The molecule has 0 radical (unpaired) electrons. The molecule has 0 bridgehead atoms. The largest absolute Gasteiger partial charge is 0.314 e. The van der Waals surface area contributed by atoms with Gasteiger partial charge in [-0.1, -0.05) is 13.8 Å². The highest BCUT2D eigenvalue weighted by Crippen LogP contribution is 2.24. The zero-order chi connectivity index (χ0) is 12.0. The summed E-state index contributed by atoms with van der Waals surface area (Å²) in [6, 6.07) is 0. The predicted octanol–water partition coefficient (Wildman–Crippen LogP) is 0.963. The van der Waals surface area contributed by atoms with Gasteiger partial charge in [0.1, 0.15) is 0 Å². The minimum atomic E-state index is 0.797. The second-order valence-electron chi connectivity index (χ2n) is 5.07. The van der Waals surface area contributed by atoms with Gasteiger partial charge in [-0.3, -0.25) is 4.90 Å². The minimum absolute atomic E-state index is 0.797. The van der Waals surface area contributed by atoms with E-state index in [0.29, 0.717) is 0 Å². The molecule has 1 saturated heterocycles. The number of nitrogens with zero attached hydrogens (tertiary/aromatic N) is 2. The first kappa shape index (κ1) is 14.3. The maximum atomic E-state index is 3.50. The molecule has 1 N–H and O–H groups in total. The second-order valence-corrected chi connectivity index (χ2v) is 6.95. The number of likely N-dealkylation sites (N-methyl/N-ethyl adjacent to an activating group) is 1. The molecule has 2 atom stereocenters. The number of thioether (sulfide) groups is 1. The van der Waals surface area contributed by atoms with Crippen molar-refractivity contribution in [3.05, 3.63) is 0 Å². The van der Waals surface area contributed by atoms with Gasteiger partial charge < -0.3 is 10.2 Å². The first-order valence-corrected chi connectivity index (χ1v) is 7.25. The molecule has 0 amide bonds. The highest BCUT2D eigenvalue weighted by atomic mass is 32.2. The van der Waals surface area contributed by atoms with Gasteiger partial charge in [-0.05, 0) is 14.1 Å². The Morgan fingerprint density at radius 2 is 1.81 bits per heavy atom.